The third-order valence-electron chi connectivity index (χ3n) is 8.63. The fourth-order valence-corrected chi connectivity index (χ4v) is 7.66. The predicted molar refractivity (Wildman–Crippen MR) is 131 cm³/mol. The fraction of sp³-hybridized carbons (Fsp3) is 0.714. The quantitative estimate of drug-likeness (QED) is 0.585. The number of hydrogen-bond donors (Lipinski definition) is 1. The molecule has 1 aliphatic heterocycles. The largest absolute Gasteiger partial charge is 0.490 e. The van der Waals surface area contributed by atoms with Gasteiger partial charge in [-0.15, -0.1) is 0 Å². The zero-order chi connectivity index (χ0) is 23.7. The van der Waals surface area contributed by atoms with Gasteiger partial charge in [-0.2, -0.15) is 0 Å². The van der Waals surface area contributed by atoms with Gasteiger partial charge < -0.3 is 19.7 Å². The summed E-state index contributed by atoms with van der Waals surface area (Å²) in [5, 5.41) is 3.12. The molecule has 0 radical (unpaired) electrons. The highest BCUT2D eigenvalue weighted by Crippen LogP contribution is 2.60. The van der Waals surface area contributed by atoms with Gasteiger partial charge in [0.25, 0.3) is 0 Å². The standard InChI is InChI=1S/C28H40N2O4/c1-3-33-24-8-7-19(15-25(24)34-4-2)9-10-29-26(31)23-6-5-11-30(23)27(32)28-16-20-12-21(17-28)14-22(13-20)18-28/h7-8,15,20-23H,3-6,9-14,16-18H2,1-2H3,(H,29,31)/t20?,21?,22?,23-,28?/m0/s1. The number of hydrogen-bond acceptors (Lipinski definition) is 4. The molecule has 186 valence electrons. The van der Waals surface area contributed by atoms with Crippen LogP contribution in [-0.2, 0) is 16.0 Å². The normalized spacial score (nSPS) is 31.5. The van der Waals surface area contributed by atoms with E-state index in [1.807, 2.05) is 36.9 Å². The first-order valence-electron chi connectivity index (χ1n) is 13.5. The number of ether oxygens (including phenoxy) is 2. The number of amides is 2. The number of nitrogens with one attached hydrogen (secondary N) is 1. The Morgan fingerprint density at radius 2 is 1.65 bits per heavy atom. The molecule has 6 heteroatoms. The Morgan fingerprint density at radius 3 is 2.29 bits per heavy atom. The third kappa shape index (κ3) is 4.52. The molecular weight excluding hydrogens is 428 g/mol. The Balaban J connectivity index is 1.18. The lowest BCUT2D eigenvalue weighted by molar-refractivity contribution is -0.160. The highest BCUT2D eigenvalue weighted by Gasteiger charge is 2.56. The average molecular weight is 469 g/mol. The van der Waals surface area contributed by atoms with Crippen LogP contribution in [0.15, 0.2) is 18.2 Å². The second-order valence-electron chi connectivity index (χ2n) is 11.0. The number of carbonyl (C=O) groups excluding carboxylic acids is 2. The molecule has 0 aromatic heterocycles. The van der Waals surface area contributed by atoms with Crippen LogP contribution >= 0.6 is 0 Å². The summed E-state index contributed by atoms with van der Waals surface area (Å²) in [7, 11) is 0. The molecule has 4 bridgehead atoms. The second kappa shape index (κ2) is 9.79. The Bertz CT molecular complexity index is 878. The molecule has 1 N–H and O–H groups in total. The maximum Gasteiger partial charge on any atom is 0.242 e. The maximum atomic E-state index is 13.8. The van der Waals surface area contributed by atoms with Gasteiger partial charge in [-0.05, 0) is 107 Å². The number of benzene rings is 1. The summed E-state index contributed by atoms with van der Waals surface area (Å²) in [6.45, 7) is 6.37. The van der Waals surface area contributed by atoms with Crippen LogP contribution in [0.3, 0.4) is 0 Å². The molecular formula is C28H40N2O4. The zero-order valence-corrected chi connectivity index (χ0v) is 20.8. The van der Waals surface area contributed by atoms with E-state index in [1.165, 1.54) is 19.3 Å². The summed E-state index contributed by atoms with van der Waals surface area (Å²) < 4.78 is 11.4. The smallest absolute Gasteiger partial charge is 0.242 e. The monoisotopic (exact) mass is 468 g/mol. The Hall–Kier alpha value is -2.24. The highest BCUT2D eigenvalue weighted by molar-refractivity contribution is 5.91. The molecule has 1 aromatic rings. The van der Waals surface area contributed by atoms with Crippen LogP contribution in [-0.4, -0.2) is 49.1 Å². The van der Waals surface area contributed by atoms with Gasteiger partial charge in [0, 0.05) is 13.1 Å². The number of nitrogens with zero attached hydrogens (tertiary/aromatic N) is 1. The van der Waals surface area contributed by atoms with Crippen LogP contribution in [0.4, 0.5) is 0 Å². The van der Waals surface area contributed by atoms with Crippen LogP contribution < -0.4 is 14.8 Å². The van der Waals surface area contributed by atoms with Crippen molar-refractivity contribution in [2.24, 2.45) is 23.2 Å². The van der Waals surface area contributed by atoms with Crippen molar-refractivity contribution in [1.82, 2.24) is 10.2 Å². The van der Waals surface area contributed by atoms with Crippen molar-refractivity contribution < 1.29 is 19.1 Å². The average Bonchev–Trinajstić information content (AvgIpc) is 3.29. The van der Waals surface area contributed by atoms with Crippen molar-refractivity contribution in [3.63, 3.8) is 0 Å². The lowest BCUT2D eigenvalue weighted by atomic mass is 9.49. The van der Waals surface area contributed by atoms with Crippen molar-refractivity contribution >= 4 is 11.8 Å². The van der Waals surface area contributed by atoms with E-state index in [9.17, 15) is 9.59 Å². The lowest BCUT2D eigenvalue weighted by Gasteiger charge is -2.56. The molecule has 5 fully saturated rings. The number of likely N-dealkylation sites (tertiary alicyclic amines) is 1. The molecule has 6 nitrogen and oxygen atoms in total. The van der Waals surface area contributed by atoms with E-state index in [0.717, 1.165) is 73.5 Å². The lowest BCUT2D eigenvalue weighted by Crippen LogP contribution is -2.57. The van der Waals surface area contributed by atoms with Crippen LogP contribution in [0.25, 0.3) is 0 Å². The van der Waals surface area contributed by atoms with Crippen molar-refractivity contribution in [2.45, 2.75) is 77.7 Å². The van der Waals surface area contributed by atoms with Gasteiger partial charge in [-0.25, -0.2) is 0 Å². The van der Waals surface area contributed by atoms with Crippen molar-refractivity contribution in [1.29, 1.82) is 0 Å². The minimum atomic E-state index is -0.306. The number of rotatable bonds is 9. The van der Waals surface area contributed by atoms with E-state index in [0.29, 0.717) is 26.2 Å². The first-order chi connectivity index (χ1) is 16.5. The molecule has 4 saturated carbocycles. The fourth-order valence-electron chi connectivity index (χ4n) is 7.66. The second-order valence-corrected chi connectivity index (χ2v) is 11.0. The van der Waals surface area contributed by atoms with Gasteiger partial charge in [-0.3, -0.25) is 9.59 Å². The van der Waals surface area contributed by atoms with E-state index in [2.05, 4.69) is 5.32 Å². The molecule has 1 heterocycles. The number of carbonyl (C=O) groups is 2. The van der Waals surface area contributed by atoms with E-state index < -0.39 is 0 Å². The van der Waals surface area contributed by atoms with Gasteiger partial charge in [0.05, 0.1) is 18.6 Å². The summed E-state index contributed by atoms with van der Waals surface area (Å²) in [5.41, 5.74) is 0.926. The molecule has 6 rings (SSSR count). The van der Waals surface area contributed by atoms with Crippen molar-refractivity contribution in [3.05, 3.63) is 23.8 Å². The first kappa shape index (κ1) is 23.5. The Morgan fingerprint density at radius 1 is 1.00 bits per heavy atom. The Kier molecular flexibility index (Phi) is 6.76. The van der Waals surface area contributed by atoms with Crippen LogP contribution in [0.2, 0.25) is 0 Å². The SMILES string of the molecule is CCOc1ccc(CCNC(=O)[C@@H]2CCCN2C(=O)C23CC4CC(CC(C4)C2)C3)cc1OCC. The molecule has 2 amide bonds. The minimum absolute atomic E-state index is 0.00606. The van der Waals surface area contributed by atoms with Gasteiger partial charge in [0.1, 0.15) is 6.04 Å². The first-order valence-corrected chi connectivity index (χ1v) is 13.5. The summed E-state index contributed by atoms with van der Waals surface area (Å²) in [6.07, 6.45) is 9.57. The van der Waals surface area contributed by atoms with Crippen LogP contribution in [0, 0.1) is 23.2 Å². The summed E-state index contributed by atoms with van der Waals surface area (Å²) >= 11 is 0. The molecule has 1 aromatic carbocycles. The maximum absolute atomic E-state index is 13.8. The zero-order valence-electron chi connectivity index (χ0n) is 20.8. The highest BCUT2D eigenvalue weighted by atomic mass is 16.5. The predicted octanol–water partition coefficient (Wildman–Crippen LogP) is 4.35. The Labute approximate surface area is 203 Å². The van der Waals surface area contributed by atoms with E-state index in [1.54, 1.807) is 0 Å². The van der Waals surface area contributed by atoms with Gasteiger partial charge in [0.15, 0.2) is 11.5 Å². The van der Waals surface area contributed by atoms with Crippen LogP contribution in [0.5, 0.6) is 11.5 Å². The molecule has 4 aliphatic carbocycles. The molecule has 1 saturated heterocycles. The summed E-state index contributed by atoms with van der Waals surface area (Å²) in [5.74, 6) is 4.00. The molecule has 0 unspecified atom stereocenters. The molecule has 5 aliphatic rings. The van der Waals surface area contributed by atoms with E-state index >= 15 is 0 Å². The van der Waals surface area contributed by atoms with Crippen molar-refractivity contribution in [2.75, 3.05) is 26.3 Å². The van der Waals surface area contributed by atoms with Crippen LogP contribution in [0.1, 0.15) is 70.8 Å². The topological polar surface area (TPSA) is 67.9 Å². The summed E-state index contributed by atoms with van der Waals surface area (Å²) in [6, 6.07) is 5.66. The van der Waals surface area contributed by atoms with Crippen molar-refractivity contribution in [3.8, 4) is 11.5 Å². The van der Waals surface area contributed by atoms with Gasteiger partial charge >= 0.3 is 0 Å². The molecule has 1 atom stereocenters. The molecule has 34 heavy (non-hydrogen) atoms. The van der Waals surface area contributed by atoms with Gasteiger partial charge in [0.2, 0.25) is 11.8 Å². The third-order valence-corrected chi connectivity index (χ3v) is 8.63. The van der Waals surface area contributed by atoms with E-state index in [-0.39, 0.29) is 23.3 Å². The molecule has 0 spiro atoms. The van der Waals surface area contributed by atoms with Gasteiger partial charge in [-0.1, -0.05) is 6.07 Å². The minimum Gasteiger partial charge on any atom is -0.490 e. The summed E-state index contributed by atoms with van der Waals surface area (Å²) in [4.78, 5) is 28.9. The van der Waals surface area contributed by atoms with E-state index in [4.69, 9.17) is 9.47 Å².